The molecule has 2 saturated carbocycles. The third-order valence-corrected chi connectivity index (χ3v) is 11.8. The van der Waals surface area contributed by atoms with E-state index in [1.807, 2.05) is 36.4 Å². The maximum atomic E-state index is 12.8. The number of carbonyl (C=O) groups is 2. The van der Waals surface area contributed by atoms with Crippen molar-refractivity contribution in [1.29, 1.82) is 0 Å². The zero-order chi connectivity index (χ0) is 41.0. The first-order chi connectivity index (χ1) is 29.4. The Morgan fingerprint density at radius 2 is 1.00 bits per heavy atom. The number of H-pyrrole nitrogens is 2. The second-order valence-corrected chi connectivity index (χ2v) is 15.8. The number of nitrogens with one attached hydrogen (secondary N) is 4. The van der Waals surface area contributed by atoms with E-state index in [9.17, 15) is 9.59 Å². The van der Waals surface area contributed by atoms with Gasteiger partial charge < -0.3 is 49.0 Å². The lowest BCUT2D eigenvalue weighted by molar-refractivity contribution is 0.0915. The van der Waals surface area contributed by atoms with Crippen molar-refractivity contribution in [2.45, 2.75) is 75.3 Å². The molecule has 4 atom stereocenters. The van der Waals surface area contributed by atoms with E-state index in [1.54, 1.807) is 50.6 Å². The highest BCUT2D eigenvalue weighted by Gasteiger charge is 2.29. The average molecular weight is 815 g/mol. The van der Waals surface area contributed by atoms with Crippen molar-refractivity contribution in [1.82, 2.24) is 30.6 Å². The van der Waals surface area contributed by atoms with Crippen molar-refractivity contribution in [2.75, 3.05) is 40.6 Å². The minimum Gasteiger partial charge on any atom is -0.497 e. The average Bonchev–Trinajstić information content (AvgIpc) is 3.93. The molecule has 10 rings (SSSR count). The number of nitrogens with zero attached hydrogens (tertiary/aromatic N) is 2. The van der Waals surface area contributed by atoms with E-state index in [1.165, 1.54) is 0 Å². The van der Waals surface area contributed by atoms with Crippen molar-refractivity contribution in [2.24, 2.45) is 0 Å². The maximum Gasteiger partial charge on any atom is 0.251 e. The summed E-state index contributed by atoms with van der Waals surface area (Å²) >= 11 is 0. The van der Waals surface area contributed by atoms with Gasteiger partial charge in [0.25, 0.3) is 11.8 Å². The molecule has 2 unspecified atom stereocenters. The predicted octanol–water partition coefficient (Wildman–Crippen LogP) is 7.60. The SMILES string of the molecule is COc1ccc2nc(C3CCC[C@@H](NC(=O)c4ccc5c(c4)OCCO5)C3)[nH]c2c1.COc1ccc2nc(C3CCC[C@H](NC(=O)c4ccc5c(c4)OCCO5)C3)[nH]c2c1. The molecule has 2 aliphatic heterocycles. The van der Waals surface area contributed by atoms with E-state index in [0.29, 0.717) is 72.4 Å². The van der Waals surface area contributed by atoms with E-state index < -0.39 is 0 Å². The van der Waals surface area contributed by atoms with Gasteiger partial charge in [-0.25, -0.2) is 9.97 Å². The van der Waals surface area contributed by atoms with Crippen molar-refractivity contribution < 1.29 is 38.0 Å². The van der Waals surface area contributed by atoms with Crippen molar-refractivity contribution in [3.63, 3.8) is 0 Å². The van der Waals surface area contributed by atoms with Crippen LogP contribution in [-0.4, -0.2) is 84.5 Å². The monoisotopic (exact) mass is 814 g/mol. The fourth-order valence-electron chi connectivity index (χ4n) is 8.70. The molecular weight excluding hydrogens is 765 g/mol. The van der Waals surface area contributed by atoms with E-state index >= 15 is 0 Å². The van der Waals surface area contributed by atoms with E-state index in [2.05, 4.69) is 20.6 Å². The largest absolute Gasteiger partial charge is 0.497 e. The highest BCUT2D eigenvalue weighted by Crippen LogP contribution is 2.36. The predicted molar refractivity (Wildman–Crippen MR) is 225 cm³/mol. The molecule has 4 aromatic carbocycles. The summed E-state index contributed by atoms with van der Waals surface area (Å²) in [6, 6.07) is 22.7. The number of benzene rings is 4. The minimum absolute atomic E-state index is 0.0769. The fourth-order valence-corrected chi connectivity index (χ4v) is 8.70. The topological polar surface area (TPSA) is 171 Å². The summed E-state index contributed by atoms with van der Waals surface area (Å²) in [6.07, 6.45) is 7.91. The van der Waals surface area contributed by atoms with Crippen LogP contribution in [0.3, 0.4) is 0 Å². The lowest BCUT2D eigenvalue weighted by Gasteiger charge is -2.29. The number of methoxy groups -OCH3 is 2. The van der Waals surface area contributed by atoms with Gasteiger partial charge in [0, 0.05) is 47.2 Å². The van der Waals surface area contributed by atoms with Crippen LogP contribution >= 0.6 is 0 Å². The molecular formula is C46H50N6O8. The van der Waals surface area contributed by atoms with Gasteiger partial charge in [0.2, 0.25) is 0 Å². The molecule has 2 aromatic heterocycles. The van der Waals surface area contributed by atoms with Gasteiger partial charge in [-0.1, -0.05) is 12.8 Å². The van der Waals surface area contributed by atoms with Crippen molar-refractivity contribution >= 4 is 33.9 Å². The number of carbonyl (C=O) groups excluding carboxylic acids is 2. The summed E-state index contributed by atoms with van der Waals surface area (Å²) in [5.41, 5.74) is 5.02. The van der Waals surface area contributed by atoms with Crippen LogP contribution in [0, 0.1) is 0 Å². The number of rotatable bonds is 8. The molecule has 0 spiro atoms. The fraction of sp³-hybridized carbons (Fsp3) is 0.391. The second-order valence-electron chi connectivity index (χ2n) is 15.8. The number of ether oxygens (including phenoxy) is 6. The summed E-state index contributed by atoms with van der Waals surface area (Å²) in [5.74, 6) is 6.67. The third kappa shape index (κ3) is 8.63. The third-order valence-electron chi connectivity index (χ3n) is 11.8. The number of aromatic amines is 2. The molecule has 60 heavy (non-hydrogen) atoms. The summed E-state index contributed by atoms with van der Waals surface area (Å²) in [7, 11) is 3.32. The van der Waals surface area contributed by atoms with Crippen LogP contribution in [0.15, 0.2) is 72.8 Å². The normalized spacial score (nSPS) is 20.7. The molecule has 14 nitrogen and oxygen atoms in total. The Morgan fingerprint density at radius 1 is 0.567 bits per heavy atom. The van der Waals surface area contributed by atoms with Gasteiger partial charge in [-0.05, 0) is 99.2 Å². The van der Waals surface area contributed by atoms with Crippen LogP contribution in [0.25, 0.3) is 22.1 Å². The van der Waals surface area contributed by atoms with Crippen molar-refractivity contribution in [3.05, 3.63) is 95.6 Å². The Bertz CT molecular complexity index is 2330. The summed E-state index contributed by atoms with van der Waals surface area (Å²) in [4.78, 5) is 42.1. The Morgan fingerprint density at radius 3 is 1.43 bits per heavy atom. The van der Waals surface area contributed by atoms with Gasteiger partial charge >= 0.3 is 0 Å². The smallest absolute Gasteiger partial charge is 0.251 e. The molecule has 0 radical (unpaired) electrons. The van der Waals surface area contributed by atoms with Crippen LogP contribution in [0.1, 0.15) is 95.6 Å². The highest BCUT2D eigenvalue weighted by molar-refractivity contribution is 5.95. The quantitative estimate of drug-likeness (QED) is 0.120. The summed E-state index contributed by atoms with van der Waals surface area (Å²) in [6.45, 7) is 2.09. The van der Waals surface area contributed by atoms with Crippen LogP contribution in [0.4, 0.5) is 0 Å². The lowest BCUT2D eigenvalue weighted by Crippen LogP contribution is -2.38. The summed E-state index contributed by atoms with van der Waals surface area (Å²) in [5, 5.41) is 6.39. The van der Waals surface area contributed by atoms with Gasteiger partial charge in [-0.15, -0.1) is 0 Å². The van der Waals surface area contributed by atoms with Gasteiger partial charge in [0.1, 0.15) is 49.6 Å². The highest BCUT2D eigenvalue weighted by atomic mass is 16.6. The van der Waals surface area contributed by atoms with Crippen LogP contribution < -0.4 is 39.1 Å². The zero-order valence-corrected chi connectivity index (χ0v) is 33.9. The Balaban J connectivity index is 0.000000154. The molecule has 0 saturated heterocycles. The first-order valence-corrected chi connectivity index (χ1v) is 20.9. The summed E-state index contributed by atoms with van der Waals surface area (Å²) < 4.78 is 32.9. The molecule has 4 heterocycles. The zero-order valence-electron chi connectivity index (χ0n) is 33.9. The lowest BCUT2D eigenvalue weighted by atomic mass is 9.85. The van der Waals surface area contributed by atoms with Crippen LogP contribution in [-0.2, 0) is 0 Å². The van der Waals surface area contributed by atoms with Gasteiger partial charge in [0.15, 0.2) is 23.0 Å². The number of hydrogen-bond donors (Lipinski definition) is 4. The Labute approximate surface area is 347 Å². The number of aromatic nitrogens is 4. The van der Waals surface area contributed by atoms with E-state index in [4.69, 9.17) is 38.4 Å². The van der Waals surface area contributed by atoms with Crippen LogP contribution in [0.5, 0.6) is 34.5 Å². The molecule has 2 fully saturated rings. The first kappa shape index (κ1) is 39.0. The minimum atomic E-state index is -0.0769. The molecule has 14 heteroatoms. The number of imidazole rings is 2. The molecule has 2 aliphatic carbocycles. The molecule has 312 valence electrons. The van der Waals surface area contributed by atoms with Gasteiger partial charge in [-0.3, -0.25) is 9.59 Å². The van der Waals surface area contributed by atoms with Gasteiger partial charge in [0.05, 0.1) is 36.3 Å². The molecule has 4 aliphatic rings. The molecule has 4 N–H and O–H groups in total. The number of fused-ring (bicyclic) bond motifs is 4. The molecule has 0 bridgehead atoms. The number of hydrogen-bond acceptors (Lipinski definition) is 10. The number of amides is 2. The van der Waals surface area contributed by atoms with Crippen molar-refractivity contribution in [3.8, 4) is 34.5 Å². The van der Waals surface area contributed by atoms with Crippen LogP contribution in [0.2, 0.25) is 0 Å². The van der Waals surface area contributed by atoms with E-state index in [-0.39, 0.29) is 23.9 Å². The molecule has 2 amide bonds. The maximum absolute atomic E-state index is 12.8. The standard InChI is InChI=1S/2C23H25N3O4/c2*1-28-17-6-7-18-19(13-17)26-22(25-18)14-3-2-4-16(11-14)24-23(27)15-5-8-20-21(12-15)30-10-9-29-20/h2*5-8,12-14,16H,2-4,9-11H2,1H3,(H,24,27)(H,25,26)/t2*14?,16-/m10/s1. The second kappa shape index (κ2) is 17.4. The molecule has 6 aromatic rings. The van der Waals surface area contributed by atoms with Gasteiger partial charge in [-0.2, -0.15) is 0 Å². The first-order valence-electron chi connectivity index (χ1n) is 20.9. The van der Waals surface area contributed by atoms with E-state index in [0.717, 1.165) is 96.6 Å². The Hall–Kier alpha value is -6.44. The Kier molecular flexibility index (Phi) is 11.3.